The first-order valence-electron chi connectivity index (χ1n) is 7.63. The zero-order chi connectivity index (χ0) is 16.5. The number of carbonyl (C=O) groups is 1. The van der Waals surface area contributed by atoms with Gasteiger partial charge in [0.1, 0.15) is 0 Å². The summed E-state index contributed by atoms with van der Waals surface area (Å²) in [7, 11) is 0. The van der Waals surface area contributed by atoms with Gasteiger partial charge in [-0.3, -0.25) is 9.36 Å². The normalized spacial score (nSPS) is 14.0. The second-order valence-corrected chi connectivity index (χ2v) is 7.87. The summed E-state index contributed by atoms with van der Waals surface area (Å²) in [6.07, 6.45) is 2.28. The van der Waals surface area contributed by atoms with E-state index in [2.05, 4.69) is 20.8 Å². The molecule has 0 bridgehead atoms. The summed E-state index contributed by atoms with van der Waals surface area (Å²) < 4.78 is 2.18. The van der Waals surface area contributed by atoms with Gasteiger partial charge in [-0.15, -0.1) is 21.5 Å². The first-order valence-corrected chi connectivity index (χ1v) is 9.87. The number of carbonyl (C=O) groups excluding carboxylic acids is 1. The van der Waals surface area contributed by atoms with Crippen LogP contribution in [0.25, 0.3) is 10.7 Å². The monoisotopic (exact) mass is 375 g/mol. The number of ketones is 1. The van der Waals surface area contributed by atoms with Gasteiger partial charge in [0.15, 0.2) is 16.8 Å². The molecule has 4 nitrogen and oxygen atoms in total. The van der Waals surface area contributed by atoms with E-state index in [0.29, 0.717) is 22.4 Å². The van der Waals surface area contributed by atoms with Crippen LogP contribution in [0.5, 0.6) is 0 Å². The summed E-state index contributed by atoms with van der Waals surface area (Å²) >= 11 is 9.19. The third kappa shape index (κ3) is 3.14. The molecule has 4 rings (SSSR count). The Kier molecular flexibility index (Phi) is 4.43. The second-order valence-electron chi connectivity index (χ2n) is 5.58. The van der Waals surface area contributed by atoms with Gasteiger partial charge in [0.05, 0.1) is 15.7 Å². The molecule has 0 aliphatic heterocycles. The molecule has 0 saturated heterocycles. The zero-order valence-electron chi connectivity index (χ0n) is 12.7. The third-order valence-corrected chi connectivity index (χ3v) is 5.96. The van der Waals surface area contributed by atoms with Gasteiger partial charge in [-0.05, 0) is 36.4 Å². The molecule has 0 radical (unpaired) electrons. The Bertz CT molecular complexity index is 872. The van der Waals surface area contributed by atoms with Crippen molar-refractivity contribution in [2.75, 3.05) is 5.75 Å². The Morgan fingerprint density at radius 1 is 1.25 bits per heavy atom. The molecule has 122 valence electrons. The van der Waals surface area contributed by atoms with E-state index in [4.69, 9.17) is 11.6 Å². The molecule has 1 aromatic carbocycles. The number of Topliss-reactive ketones (excluding diaryl/α,β-unsaturated/α-hetero) is 1. The molecular formula is C17H14ClN3OS2. The van der Waals surface area contributed by atoms with Gasteiger partial charge in [0, 0.05) is 11.6 Å². The SMILES string of the molecule is O=C(CSc1nnc(-c2cccs2)n1C1CC1)c1ccccc1Cl. The molecule has 0 atom stereocenters. The van der Waals surface area contributed by atoms with Gasteiger partial charge in [-0.2, -0.15) is 0 Å². The van der Waals surface area contributed by atoms with Crippen molar-refractivity contribution in [3.05, 3.63) is 52.4 Å². The Balaban J connectivity index is 1.55. The van der Waals surface area contributed by atoms with E-state index in [0.717, 1.165) is 28.7 Å². The minimum atomic E-state index is 0.00798. The Labute approximate surface area is 152 Å². The lowest BCUT2D eigenvalue weighted by Gasteiger charge is -2.07. The van der Waals surface area contributed by atoms with Crippen LogP contribution in [0.1, 0.15) is 29.2 Å². The molecular weight excluding hydrogens is 362 g/mol. The Morgan fingerprint density at radius 2 is 2.08 bits per heavy atom. The van der Waals surface area contributed by atoms with Crippen LogP contribution in [0.4, 0.5) is 0 Å². The van der Waals surface area contributed by atoms with Crippen LogP contribution in [0.3, 0.4) is 0 Å². The van der Waals surface area contributed by atoms with Crippen molar-refractivity contribution in [3.63, 3.8) is 0 Å². The number of halogens is 1. The van der Waals surface area contributed by atoms with Crippen molar-refractivity contribution in [2.24, 2.45) is 0 Å². The maximum atomic E-state index is 12.4. The topological polar surface area (TPSA) is 47.8 Å². The standard InChI is InChI=1S/C17H14ClN3OS2/c18-13-5-2-1-4-12(13)14(22)10-24-17-20-19-16(15-6-3-9-23-15)21(17)11-7-8-11/h1-6,9,11H,7-8,10H2. The summed E-state index contributed by atoms with van der Waals surface area (Å²) in [4.78, 5) is 13.5. The number of aromatic nitrogens is 3. The lowest BCUT2D eigenvalue weighted by atomic mass is 10.1. The van der Waals surface area contributed by atoms with Gasteiger partial charge < -0.3 is 0 Å². The van der Waals surface area contributed by atoms with E-state index in [9.17, 15) is 4.79 Å². The lowest BCUT2D eigenvalue weighted by molar-refractivity contribution is 0.102. The molecule has 0 spiro atoms. The molecule has 0 unspecified atom stereocenters. The van der Waals surface area contributed by atoms with E-state index in [1.807, 2.05) is 23.6 Å². The average molecular weight is 376 g/mol. The molecule has 0 amide bonds. The molecule has 1 aliphatic carbocycles. The zero-order valence-corrected chi connectivity index (χ0v) is 15.1. The van der Waals surface area contributed by atoms with Gasteiger partial charge in [-0.1, -0.05) is 41.6 Å². The van der Waals surface area contributed by atoms with E-state index in [1.165, 1.54) is 11.8 Å². The molecule has 1 fully saturated rings. The summed E-state index contributed by atoms with van der Waals surface area (Å²) in [5.41, 5.74) is 0.558. The first-order chi connectivity index (χ1) is 11.7. The van der Waals surface area contributed by atoms with Crippen molar-refractivity contribution in [1.82, 2.24) is 14.8 Å². The van der Waals surface area contributed by atoms with Crippen LogP contribution in [-0.2, 0) is 0 Å². The first kappa shape index (κ1) is 15.9. The van der Waals surface area contributed by atoms with Crippen LogP contribution in [0.2, 0.25) is 5.02 Å². The third-order valence-electron chi connectivity index (χ3n) is 3.82. The van der Waals surface area contributed by atoms with Crippen LogP contribution in [-0.4, -0.2) is 26.3 Å². The molecule has 7 heteroatoms. The fraction of sp³-hybridized carbons (Fsp3) is 0.235. The molecule has 1 aliphatic rings. The Hall–Kier alpha value is -1.63. The lowest BCUT2D eigenvalue weighted by Crippen LogP contribution is -2.05. The second kappa shape index (κ2) is 6.70. The number of thiophene rings is 1. The van der Waals surface area contributed by atoms with Gasteiger partial charge >= 0.3 is 0 Å². The molecule has 24 heavy (non-hydrogen) atoms. The maximum Gasteiger partial charge on any atom is 0.192 e. The highest BCUT2D eigenvalue weighted by molar-refractivity contribution is 7.99. The fourth-order valence-corrected chi connectivity index (χ4v) is 4.34. The van der Waals surface area contributed by atoms with Crippen LogP contribution < -0.4 is 0 Å². The summed E-state index contributed by atoms with van der Waals surface area (Å²) in [6, 6.07) is 11.7. The smallest absolute Gasteiger partial charge is 0.192 e. The predicted molar refractivity (Wildman–Crippen MR) is 98.1 cm³/mol. The highest BCUT2D eigenvalue weighted by atomic mass is 35.5. The molecule has 0 N–H and O–H groups in total. The van der Waals surface area contributed by atoms with E-state index < -0.39 is 0 Å². The van der Waals surface area contributed by atoms with Crippen molar-refractivity contribution >= 4 is 40.5 Å². The number of rotatable bonds is 6. The van der Waals surface area contributed by atoms with E-state index in [1.54, 1.807) is 23.5 Å². The van der Waals surface area contributed by atoms with Crippen molar-refractivity contribution in [3.8, 4) is 10.7 Å². The van der Waals surface area contributed by atoms with Crippen molar-refractivity contribution < 1.29 is 4.79 Å². The molecule has 2 aromatic heterocycles. The van der Waals surface area contributed by atoms with Crippen LogP contribution >= 0.6 is 34.7 Å². The van der Waals surface area contributed by atoms with Crippen LogP contribution in [0, 0.1) is 0 Å². The average Bonchev–Trinajstić information content (AvgIpc) is 3.11. The maximum absolute atomic E-state index is 12.4. The van der Waals surface area contributed by atoms with E-state index in [-0.39, 0.29) is 5.78 Å². The Morgan fingerprint density at radius 3 is 2.79 bits per heavy atom. The molecule has 3 aromatic rings. The number of hydrogen-bond donors (Lipinski definition) is 0. The number of nitrogens with zero attached hydrogens (tertiary/aromatic N) is 3. The number of hydrogen-bond acceptors (Lipinski definition) is 5. The van der Waals surface area contributed by atoms with Gasteiger partial charge in [0.2, 0.25) is 0 Å². The molecule has 2 heterocycles. The summed E-state index contributed by atoms with van der Waals surface area (Å²) in [5.74, 6) is 1.22. The largest absolute Gasteiger partial charge is 0.298 e. The summed E-state index contributed by atoms with van der Waals surface area (Å²) in [6.45, 7) is 0. The highest BCUT2D eigenvalue weighted by Crippen LogP contribution is 2.41. The minimum Gasteiger partial charge on any atom is -0.298 e. The number of thioether (sulfide) groups is 1. The minimum absolute atomic E-state index is 0.00798. The van der Waals surface area contributed by atoms with Crippen molar-refractivity contribution in [1.29, 1.82) is 0 Å². The number of benzene rings is 1. The fourth-order valence-electron chi connectivity index (χ4n) is 2.51. The van der Waals surface area contributed by atoms with Crippen LogP contribution in [0.15, 0.2) is 46.9 Å². The van der Waals surface area contributed by atoms with Crippen molar-refractivity contribution in [2.45, 2.75) is 24.0 Å². The highest BCUT2D eigenvalue weighted by Gasteiger charge is 2.30. The molecule has 1 saturated carbocycles. The quantitative estimate of drug-likeness (QED) is 0.450. The summed E-state index contributed by atoms with van der Waals surface area (Å²) in [5, 5.41) is 12.0. The van der Waals surface area contributed by atoms with Gasteiger partial charge in [0.25, 0.3) is 0 Å². The van der Waals surface area contributed by atoms with E-state index >= 15 is 0 Å². The predicted octanol–water partition coefficient (Wildman–Crippen LogP) is 4.97. The van der Waals surface area contributed by atoms with Gasteiger partial charge in [-0.25, -0.2) is 0 Å².